The van der Waals surface area contributed by atoms with Crippen molar-refractivity contribution >= 4 is 17.4 Å². The zero-order valence-electron chi connectivity index (χ0n) is 8.71. The van der Waals surface area contributed by atoms with Crippen molar-refractivity contribution in [1.82, 2.24) is 0 Å². The maximum atomic E-state index is 13.4. The zero-order valence-corrected chi connectivity index (χ0v) is 9.47. The fourth-order valence-electron chi connectivity index (χ4n) is 1.79. The Bertz CT molecular complexity index is 400. The van der Waals surface area contributed by atoms with Crippen LogP contribution in [0.3, 0.4) is 0 Å². The number of rotatable bonds is 3. The second kappa shape index (κ2) is 4.93. The van der Waals surface area contributed by atoms with Gasteiger partial charge in [-0.05, 0) is 24.1 Å². The molecule has 0 N–H and O–H groups in total. The molecule has 1 heterocycles. The van der Waals surface area contributed by atoms with Crippen LogP contribution < -0.4 is 0 Å². The summed E-state index contributed by atoms with van der Waals surface area (Å²) in [7, 11) is 0. The monoisotopic (exact) mass is 242 g/mol. The van der Waals surface area contributed by atoms with Crippen molar-refractivity contribution in [1.29, 1.82) is 0 Å². The quantitative estimate of drug-likeness (QED) is 0.815. The Kier molecular flexibility index (Phi) is 3.56. The first-order valence-electron chi connectivity index (χ1n) is 5.21. The Hall–Kier alpha value is -0.930. The van der Waals surface area contributed by atoms with Crippen LogP contribution in [0, 0.1) is 11.7 Å². The van der Waals surface area contributed by atoms with Gasteiger partial charge in [-0.15, -0.1) is 0 Å². The standard InChI is InChI=1S/C12H12ClFO2/c13-10-2-1-8(11(14)6-10)5-12(15)9-3-4-16-7-9/h1-2,6,9H,3-5,7H2. The number of halogens is 2. The van der Waals surface area contributed by atoms with Crippen LogP contribution in [-0.4, -0.2) is 19.0 Å². The highest BCUT2D eigenvalue weighted by molar-refractivity contribution is 6.30. The normalized spacial score (nSPS) is 20.0. The Morgan fingerprint density at radius 2 is 2.38 bits per heavy atom. The highest BCUT2D eigenvalue weighted by atomic mass is 35.5. The van der Waals surface area contributed by atoms with Crippen molar-refractivity contribution in [3.05, 3.63) is 34.6 Å². The molecule has 0 aliphatic carbocycles. The third-order valence-electron chi connectivity index (χ3n) is 2.76. The molecule has 1 aliphatic heterocycles. The van der Waals surface area contributed by atoms with Crippen LogP contribution in [0.15, 0.2) is 18.2 Å². The number of ketones is 1. The van der Waals surface area contributed by atoms with E-state index in [1.54, 1.807) is 12.1 Å². The van der Waals surface area contributed by atoms with Crippen molar-refractivity contribution in [2.75, 3.05) is 13.2 Å². The van der Waals surface area contributed by atoms with Gasteiger partial charge in [0.25, 0.3) is 0 Å². The van der Waals surface area contributed by atoms with Gasteiger partial charge in [-0.2, -0.15) is 0 Å². The number of ether oxygens (including phenoxy) is 1. The lowest BCUT2D eigenvalue weighted by atomic mass is 9.97. The molecular formula is C12H12ClFO2. The number of hydrogen-bond acceptors (Lipinski definition) is 2. The predicted octanol–water partition coefficient (Wildman–Crippen LogP) is 2.63. The SMILES string of the molecule is O=C(Cc1ccc(Cl)cc1F)C1CCOC1. The van der Waals surface area contributed by atoms with Crippen LogP contribution in [0.4, 0.5) is 4.39 Å². The second-order valence-electron chi connectivity index (χ2n) is 3.94. The minimum atomic E-state index is -0.417. The van der Waals surface area contributed by atoms with E-state index < -0.39 is 5.82 Å². The molecule has 0 bridgehead atoms. The fourth-order valence-corrected chi connectivity index (χ4v) is 1.94. The summed E-state index contributed by atoms with van der Waals surface area (Å²) in [5, 5.41) is 0.345. The highest BCUT2D eigenvalue weighted by Crippen LogP contribution is 2.19. The van der Waals surface area contributed by atoms with Crippen LogP contribution >= 0.6 is 11.6 Å². The average Bonchev–Trinajstić information content (AvgIpc) is 2.75. The molecule has 1 fully saturated rings. The van der Waals surface area contributed by atoms with Gasteiger partial charge in [0.1, 0.15) is 11.6 Å². The zero-order chi connectivity index (χ0) is 11.5. The third-order valence-corrected chi connectivity index (χ3v) is 3.00. The summed E-state index contributed by atoms with van der Waals surface area (Å²) in [4.78, 5) is 11.8. The summed E-state index contributed by atoms with van der Waals surface area (Å²) >= 11 is 5.64. The van der Waals surface area contributed by atoms with E-state index in [0.717, 1.165) is 6.42 Å². The lowest BCUT2D eigenvalue weighted by Gasteiger charge is -2.07. The van der Waals surface area contributed by atoms with E-state index in [1.165, 1.54) is 6.07 Å². The number of carbonyl (C=O) groups is 1. The molecule has 0 saturated carbocycles. The molecule has 16 heavy (non-hydrogen) atoms. The van der Waals surface area contributed by atoms with E-state index in [0.29, 0.717) is 23.8 Å². The summed E-state index contributed by atoms with van der Waals surface area (Å²) in [6.07, 6.45) is 0.866. The Morgan fingerprint density at radius 3 is 3.00 bits per heavy atom. The van der Waals surface area contributed by atoms with E-state index >= 15 is 0 Å². The molecule has 0 amide bonds. The first-order chi connectivity index (χ1) is 7.66. The smallest absolute Gasteiger partial charge is 0.142 e. The van der Waals surface area contributed by atoms with E-state index in [-0.39, 0.29) is 18.1 Å². The first kappa shape index (κ1) is 11.6. The molecule has 1 unspecified atom stereocenters. The van der Waals surface area contributed by atoms with Crippen LogP contribution in [0.1, 0.15) is 12.0 Å². The molecule has 86 valence electrons. The van der Waals surface area contributed by atoms with Gasteiger partial charge in [0, 0.05) is 24.0 Å². The van der Waals surface area contributed by atoms with Gasteiger partial charge < -0.3 is 4.74 Å². The summed E-state index contributed by atoms with van der Waals surface area (Å²) in [6.45, 7) is 1.09. The first-order valence-corrected chi connectivity index (χ1v) is 5.59. The molecule has 0 radical (unpaired) electrons. The maximum absolute atomic E-state index is 13.4. The van der Waals surface area contributed by atoms with Gasteiger partial charge >= 0.3 is 0 Å². The number of Topliss-reactive ketones (excluding diaryl/α,β-unsaturated/α-hetero) is 1. The van der Waals surface area contributed by atoms with Crippen molar-refractivity contribution in [2.45, 2.75) is 12.8 Å². The molecule has 2 rings (SSSR count). The number of benzene rings is 1. The summed E-state index contributed by atoms with van der Waals surface area (Å²) in [5.41, 5.74) is 0.404. The number of hydrogen-bond donors (Lipinski definition) is 0. The largest absolute Gasteiger partial charge is 0.381 e. The van der Waals surface area contributed by atoms with Gasteiger partial charge in [-0.3, -0.25) is 4.79 Å². The van der Waals surface area contributed by atoms with Crippen molar-refractivity contribution in [3.8, 4) is 0 Å². The van der Waals surface area contributed by atoms with Crippen molar-refractivity contribution < 1.29 is 13.9 Å². The molecule has 1 aromatic carbocycles. The molecule has 1 aromatic rings. The second-order valence-corrected chi connectivity index (χ2v) is 4.38. The highest BCUT2D eigenvalue weighted by Gasteiger charge is 2.24. The topological polar surface area (TPSA) is 26.3 Å². The maximum Gasteiger partial charge on any atom is 0.142 e. The predicted molar refractivity (Wildman–Crippen MR) is 59.0 cm³/mol. The molecule has 0 spiro atoms. The van der Waals surface area contributed by atoms with Crippen LogP contribution in [0.5, 0.6) is 0 Å². The fraction of sp³-hybridized carbons (Fsp3) is 0.417. The molecule has 2 nitrogen and oxygen atoms in total. The van der Waals surface area contributed by atoms with Gasteiger partial charge in [0.15, 0.2) is 0 Å². The Labute approximate surface area is 98.4 Å². The lowest BCUT2D eigenvalue weighted by Crippen LogP contribution is -2.17. The Morgan fingerprint density at radius 1 is 1.56 bits per heavy atom. The molecule has 0 aromatic heterocycles. The summed E-state index contributed by atoms with van der Waals surface area (Å²) in [6, 6.07) is 4.39. The minimum Gasteiger partial charge on any atom is -0.381 e. The van der Waals surface area contributed by atoms with Crippen molar-refractivity contribution in [2.24, 2.45) is 5.92 Å². The molecular weight excluding hydrogens is 231 g/mol. The van der Waals surface area contributed by atoms with Crippen LogP contribution in [-0.2, 0) is 16.0 Å². The minimum absolute atomic E-state index is 0.0405. The van der Waals surface area contributed by atoms with E-state index in [9.17, 15) is 9.18 Å². The lowest BCUT2D eigenvalue weighted by molar-refractivity contribution is -0.122. The Balaban J connectivity index is 2.05. The van der Waals surface area contributed by atoms with Gasteiger partial charge in [0.05, 0.1) is 6.61 Å². The van der Waals surface area contributed by atoms with E-state index in [1.807, 2.05) is 0 Å². The van der Waals surface area contributed by atoms with Crippen LogP contribution in [0.25, 0.3) is 0 Å². The molecule has 1 aliphatic rings. The average molecular weight is 243 g/mol. The molecule has 4 heteroatoms. The van der Waals surface area contributed by atoms with Crippen LogP contribution in [0.2, 0.25) is 5.02 Å². The number of carbonyl (C=O) groups excluding carboxylic acids is 1. The van der Waals surface area contributed by atoms with Gasteiger partial charge in [-0.25, -0.2) is 4.39 Å². The third kappa shape index (κ3) is 2.60. The van der Waals surface area contributed by atoms with E-state index in [2.05, 4.69) is 0 Å². The van der Waals surface area contributed by atoms with E-state index in [4.69, 9.17) is 16.3 Å². The van der Waals surface area contributed by atoms with Gasteiger partial charge in [0.2, 0.25) is 0 Å². The van der Waals surface area contributed by atoms with Crippen molar-refractivity contribution in [3.63, 3.8) is 0 Å². The molecule has 1 atom stereocenters. The summed E-state index contributed by atoms with van der Waals surface area (Å²) < 4.78 is 18.6. The summed E-state index contributed by atoms with van der Waals surface area (Å²) in [5.74, 6) is -0.450. The molecule has 1 saturated heterocycles. The van der Waals surface area contributed by atoms with Gasteiger partial charge in [-0.1, -0.05) is 17.7 Å².